The Labute approximate surface area is 178 Å². The third-order valence-electron chi connectivity index (χ3n) is 4.57. The van der Waals surface area contributed by atoms with Crippen LogP contribution in [0.5, 0.6) is 0 Å². The van der Waals surface area contributed by atoms with Crippen molar-refractivity contribution in [2.45, 2.75) is 32.7 Å². The van der Waals surface area contributed by atoms with E-state index in [1.165, 1.54) is 11.3 Å². The van der Waals surface area contributed by atoms with Gasteiger partial charge in [-0.3, -0.25) is 15.1 Å². The Balaban J connectivity index is 1.88. The van der Waals surface area contributed by atoms with E-state index >= 15 is 0 Å². The average molecular weight is 426 g/mol. The molecule has 1 unspecified atom stereocenters. The largest absolute Gasteiger partial charge is 0.465 e. The highest BCUT2D eigenvalue weighted by molar-refractivity contribution is 7.18. The zero-order valence-electron chi connectivity index (χ0n) is 16.9. The Bertz CT molecular complexity index is 1000. The van der Waals surface area contributed by atoms with E-state index in [1.54, 1.807) is 24.5 Å². The highest BCUT2D eigenvalue weighted by atomic mass is 32.1. The number of hydrogen-bond acceptors (Lipinski definition) is 6. The molecule has 0 saturated heterocycles. The molecule has 0 saturated carbocycles. The maximum absolute atomic E-state index is 13.1. The van der Waals surface area contributed by atoms with Gasteiger partial charge in [0.2, 0.25) is 11.0 Å². The summed E-state index contributed by atoms with van der Waals surface area (Å²) in [5.41, 5.74) is 1.31. The van der Waals surface area contributed by atoms with Crippen molar-refractivity contribution in [2.75, 3.05) is 5.32 Å². The summed E-state index contributed by atoms with van der Waals surface area (Å²) >= 11 is 1.21. The molecule has 0 spiro atoms. The standard InChI is InChI=1S/C21H23N5O3S/c1-21(2,3)15(13-7-5-4-6-8-13)16(23-20(28)29)17(27)24-19-26-25-18(30-19)14-9-11-22-12-10-14/h4-12,15-16,23H,1-3H3,(H,28,29)(H,24,26,27)/t15-,16?/m0/s1. The van der Waals surface area contributed by atoms with Crippen LogP contribution in [0.4, 0.5) is 9.93 Å². The number of aromatic nitrogens is 3. The maximum atomic E-state index is 13.1. The van der Waals surface area contributed by atoms with Crippen LogP contribution in [-0.4, -0.2) is 38.3 Å². The number of anilines is 1. The van der Waals surface area contributed by atoms with Gasteiger partial charge in [-0.2, -0.15) is 0 Å². The van der Waals surface area contributed by atoms with Crippen LogP contribution in [0, 0.1) is 5.41 Å². The second kappa shape index (κ2) is 9.00. The van der Waals surface area contributed by atoms with Gasteiger partial charge in [0.25, 0.3) is 0 Å². The van der Waals surface area contributed by atoms with Gasteiger partial charge in [0.05, 0.1) is 0 Å². The molecule has 0 bridgehead atoms. The molecule has 9 heteroatoms. The Morgan fingerprint density at radius 2 is 1.70 bits per heavy atom. The molecule has 3 rings (SSSR count). The van der Waals surface area contributed by atoms with E-state index in [9.17, 15) is 14.7 Å². The molecule has 3 N–H and O–H groups in total. The number of rotatable bonds is 6. The summed E-state index contributed by atoms with van der Waals surface area (Å²) in [6.07, 6.45) is 2.03. The van der Waals surface area contributed by atoms with Crippen molar-refractivity contribution < 1.29 is 14.7 Å². The molecule has 30 heavy (non-hydrogen) atoms. The Hall–Kier alpha value is -3.33. The van der Waals surface area contributed by atoms with E-state index in [0.717, 1.165) is 11.1 Å². The molecule has 0 radical (unpaired) electrons. The van der Waals surface area contributed by atoms with Gasteiger partial charge < -0.3 is 10.4 Å². The predicted molar refractivity (Wildman–Crippen MR) is 115 cm³/mol. The maximum Gasteiger partial charge on any atom is 0.405 e. The van der Waals surface area contributed by atoms with Gasteiger partial charge >= 0.3 is 6.09 Å². The van der Waals surface area contributed by atoms with Gasteiger partial charge in [-0.1, -0.05) is 62.4 Å². The lowest BCUT2D eigenvalue weighted by molar-refractivity contribution is -0.119. The zero-order valence-corrected chi connectivity index (χ0v) is 17.7. The zero-order chi connectivity index (χ0) is 21.7. The molecular weight excluding hydrogens is 402 g/mol. The molecule has 0 aliphatic rings. The van der Waals surface area contributed by atoms with E-state index in [2.05, 4.69) is 25.8 Å². The van der Waals surface area contributed by atoms with Crippen molar-refractivity contribution in [3.05, 3.63) is 60.4 Å². The van der Waals surface area contributed by atoms with Gasteiger partial charge in [0.15, 0.2) is 0 Å². The summed E-state index contributed by atoms with van der Waals surface area (Å²) < 4.78 is 0. The van der Waals surface area contributed by atoms with E-state index in [4.69, 9.17) is 0 Å². The van der Waals surface area contributed by atoms with E-state index in [0.29, 0.717) is 10.1 Å². The summed E-state index contributed by atoms with van der Waals surface area (Å²) in [6.45, 7) is 5.92. The minimum absolute atomic E-state index is 0.296. The highest BCUT2D eigenvalue weighted by Gasteiger charge is 2.39. The van der Waals surface area contributed by atoms with Gasteiger partial charge in [-0.25, -0.2) is 4.79 Å². The summed E-state index contributed by atoms with van der Waals surface area (Å²) in [4.78, 5) is 28.6. The predicted octanol–water partition coefficient (Wildman–Crippen LogP) is 4.00. The first-order valence-electron chi connectivity index (χ1n) is 9.35. The fraction of sp³-hybridized carbons (Fsp3) is 0.286. The van der Waals surface area contributed by atoms with Crippen molar-refractivity contribution in [1.82, 2.24) is 20.5 Å². The van der Waals surface area contributed by atoms with Crippen LogP contribution in [-0.2, 0) is 4.79 Å². The highest BCUT2D eigenvalue weighted by Crippen LogP contribution is 2.38. The van der Waals surface area contributed by atoms with Crippen LogP contribution in [0.1, 0.15) is 32.3 Å². The van der Waals surface area contributed by atoms with E-state index in [1.807, 2.05) is 51.1 Å². The molecule has 0 aliphatic heterocycles. The number of carbonyl (C=O) groups excluding carboxylic acids is 1. The lowest BCUT2D eigenvalue weighted by Crippen LogP contribution is -2.50. The fourth-order valence-electron chi connectivity index (χ4n) is 3.35. The molecule has 2 atom stereocenters. The third-order valence-corrected chi connectivity index (χ3v) is 5.46. The second-order valence-electron chi connectivity index (χ2n) is 7.82. The summed E-state index contributed by atoms with van der Waals surface area (Å²) in [7, 11) is 0. The molecule has 2 aromatic heterocycles. The van der Waals surface area contributed by atoms with Crippen LogP contribution in [0.15, 0.2) is 54.9 Å². The molecule has 2 heterocycles. The Kier molecular flexibility index (Phi) is 6.41. The molecular formula is C21H23N5O3S. The number of pyridine rings is 1. The smallest absolute Gasteiger partial charge is 0.405 e. The van der Waals surface area contributed by atoms with Gasteiger partial charge in [0, 0.05) is 23.9 Å². The first-order chi connectivity index (χ1) is 14.3. The Morgan fingerprint density at radius 1 is 1.03 bits per heavy atom. The quantitative estimate of drug-likeness (QED) is 0.549. The van der Waals surface area contributed by atoms with Gasteiger partial charge in [-0.15, -0.1) is 10.2 Å². The van der Waals surface area contributed by atoms with Crippen molar-refractivity contribution in [3.8, 4) is 10.6 Å². The number of carboxylic acid groups (broad SMARTS) is 1. The lowest BCUT2D eigenvalue weighted by atomic mass is 9.72. The van der Waals surface area contributed by atoms with Crippen molar-refractivity contribution in [2.24, 2.45) is 5.41 Å². The number of hydrogen-bond donors (Lipinski definition) is 3. The van der Waals surface area contributed by atoms with E-state index < -0.39 is 29.4 Å². The van der Waals surface area contributed by atoms with Crippen LogP contribution < -0.4 is 10.6 Å². The summed E-state index contributed by atoms with van der Waals surface area (Å²) in [6, 6.07) is 12.0. The van der Waals surface area contributed by atoms with E-state index in [-0.39, 0.29) is 0 Å². The molecule has 2 amide bonds. The molecule has 156 valence electrons. The van der Waals surface area contributed by atoms with Crippen molar-refractivity contribution in [3.63, 3.8) is 0 Å². The first-order valence-corrected chi connectivity index (χ1v) is 10.2. The lowest BCUT2D eigenvalue weighted by Gasteiger charge is -2.36. The Morgan fingerprint density at radius 3 is 2.30 bits per heavy atom. The second-order valence-corrected chi connectivity index (χ2v) is 8.80. The molecule has 1 aromatic carbocycles. The molecule has 8 nitrogen and oxygen atoms in total. The minimum atomic E-state index is -1.27. The fourth-order valence-corrected chi connectivity index (χ4v) is 4.11. The number of carbonyl (C=O) groups is 2. The molecule has 0 fully saturated rings. The summed E-state index contributed by atoms with van der Waals surface area (Å²) in [5.74, 6) is -0.888. The van der Waals surface area contributed by atoms with Gasteiger partial charge in [-0.05, 0) is 23.1 Å². The number of benzene rings is 1. The van der Waals surface area contributed by atoms with Crippen molar-refractivity contribution in [1.29, 1.82) is 0 Å². The normalized spacial score (nSPS) is 13.3. The SMILES string of the molecule is CC(C)(C)[C@@H](c1ccccc1)C(NC(=O)O)C(=O)Nc1nnc(-c2ccncc2)s1. The van der Waals surface area contributed by atoms with Crippen LogP contribution in [0.3, 0.4) is 0 Å². The molecule has 0 aliphatic carbocycles. The van der Waals surface area contributed by atoms with Crippen LogP contribution in [0.25, 0.3) is 10.6 Å². The monoisotopic (exact) mass is 425 g/mol. The van der Waals surface area contributed by atoms with Gasteiger partial charge in [0.1, 0.15) is 11.0 Å². The topological polar surface area (TPSA) is 117 Å². The number of amides is 2. The summed E-state index contributed by atoms with van der Waals surface area (Å²) in [5, 5.41) is 23.6. The van der Waals surface area contributed by atoms with Crippen molar-refractivity contribution >= 4 is 28.5 Å². The minimum Gasteiger partial charge on any atom is -0.465 e. The third kappa shape index (κ3) is 5.18. The molecule has 3 aromatic rings. The van der Waals surface area contributed by atoms with Crippen LogP contribution in [0.2, 0.25) is 0 Å². The average Bonchev–Trinajstić information content (AvgIpc) is 3.16. The number of nitrogens with zero attached hydrogens (tertiary/aromatic N) is 3. The first kappa shape index (κ1) is 21.4. The number of nitrogens with one attached hydrogen (secondary N) is 2. The van der Waals surface area contributed by atoms with Crippen LogP contribution >= 0.6 is 11.3 Å².